The van der Waals surface area contributed by atoms with Crippen LogP contribution in [-0.4, -0.2) is 56.2 Å². The number of hydrogen-bond donors (Lipinski definition) is 1. The Balaban J connectivity index is 1.41. The minimum absolute atomic E-state index is 0.0491. The van der Waals surface area contributed by atoms with Crippen LogP contribution in [0.4, 0.5) is 0 Å². The number of carbonyl (C=O) groups excluding carboxylic acids is 1. The summed E-state index contributed by atoms with van der Waals surface area (Å²) in [6.07, 6.45) is 6.60. The molecule has 1 saturated carbocycles. The fourth-order valence-electron chi connectivity index (χ4n) is 3.49. The lowest BCUT2D eigenvalue weighted by molar-refractivity contribution is -0.130. The van der Waals surface area contributed by atoms with E-state index in [-0.39, 0.29) is 11.9 Å². The zero-order chi connectivity index (χ0) is 15.4. The van der Waals surface area contributed by atoms with Crippen LogP contribution in [0.25, 0.3) is 0 Å². The molecular weight excluding hydrogens is 282 g/mol. The molecule has 3 atom stereocenters. The average molecular weight is 303 g/mol. The fourth-order valence-corrected chi connectivity index (χ4v) is 3.49. The number of hydrogen-bond acceptors (Lipinski definition) is 6. The number of rotatable bonds is 5. The van der Waals surface area contributed by atoms with Crippen molar-refractivity contribution in [2.24, 2.45) is 5.92 Å². The van der Waals surface area contributed by atoms with E-state index in [9.17, 15) is 4.79 Å². The smallest absolute Gasteiger partial charge is 0.237 e. The Morgan fingerprint density at radius 2 is 2.32 bits per heavy atom. The highest BCUT2D eigenvalue weighted by Gasteiger charge is 2.30. The maximum Gasteiger partial charge on any atom is 0.237 e. The highest BCUT2D eigenvalue weighted by Crippen LogP contribution is 2.26. The van der Waals surface area contributed by atoms with Gasteiger partial charge in [-0.2, -0.15) is 5.26 Å². The van der Waals surface area contributed by atoms with Crippen molar-refractivity contribution in [3.8, 4) is 6.07 Å². The lowest BCUT2D eigenvalue weighted by Crippen LogP contribution is -2.42. The fraction of sp³-hybridized carbons (Fsp3) is 0.786. The molecule has 8 nitrogen and oxygen atoms in total. The molecule has 2 fully saturated rings. The minimum atomic E-state index is -0.231. The number of nitrogens with zero attached hydrogens (tertiary/aromatic N) is 6. The summed E-state index contributed by atoms with van der Waals surface area (Å²) >= 11 is 0. The van der Waals surface area contributed by atoms with Gasteiger partial charge in [0, 0.05) is 19.1 Å². The summed E-state index contributed by atoms with van der Waals surface area (Å²) in [6.45, 7) is 1.88. The molecule has 1 aromatic rings. The maximum atomic E-state index is 12.2. The Labute approximate surface area is 129 Å². The second-order valence-electron chi connectivity index (χ2n) is 6.16. The molecule has 0 spiro atoms. The quantitative estimate of drug-likeness (QED) is 0.818. The van der Waals surface area contributed by atoms with Gasteiger partial charge in [-0.25, -0.2) is 4.68 Å². The largest absolute Gasteiger partial charge is 0.326 e. The SMILES string of the molecule is N#CC1CCCN1C(=O)CNC1CCC(Cn2cnnn2)C1. The summed E-state index contributed by atoms with van der Waals surface area (Å²) < 4.78 is 1.76. The Bertz CT molecular complexity index is 538. The number of likely N-dealkylation sites (tertiary alicyclic amines) is 1. The van der Waals surface area contributed by atoms with Crippen molar-refractivity contribution in [2.75, 3.05) is 13.1 Å². The van der Waals surface area contributed by atoms with E-state index in [2.05, 4.69) is 26.9 Å². The maximum absolute atomic E-state index is 12.2. The summed E-state index contributed by atoms with van der Waals surface area (Å²) in [5.74, 6) is 0.600. The first-order valence-electron chi connectivity index (χ1n) is 7.89. The highest BCUT2D eigenvalue weighted by atomic mass is 16.2. The molecule has 2 aliphatic rings. The first-order valence-corrected chi connectivity index (χ1v) is 7.89. The second kappa shape index (κ2) is 6.83. The third kappa shape index (κ3) is 3.42. The van der Waals surface area contributed by atoms with E-state index in [0.29, 0.717) is 25.0 Å². The molecule has 3 rings (SSSR count). The third-order valence-electron chi connectivity index (χ3n) is 4.64. The number of aromatic nitrogens is 4. The predicted octanol–water partition coefficient (Wildman–Crippen LogP) is -0.0540. The first kappa shape index (κ1) is 14.9. The monoisotopic (exact) mass is 303 g/mol. The third-order valence-corrected chi connectivity index (χ3v) is 4.64. The van der Waals surface area contributed by atoms with Gasteiger partial charge in [-0.3, -0.25) is 4.79 Å². The van der Waals surface area contributed by atoms with Gasteiger partial charge in [0.15, 0.2) is 0 Å². The molecule has 22 heavy (non-hydrogen) atoms. The molecule has 8 heteroatoms. The van der Waals surface area contributed by atoms with Crippen molar-refractivity contribution in [1.82, 2.24) is 30.4 Å². The topological polar surface area (TPSA) is 99.7 Å². The minimum Gasteiger partial charge on any atom is -0.326 e. The van der Waals surface area contributed by atoms with E-state index in [0.717, 1.165) is 38.6 Å². The van der Waals surface area contributed by atoms with Gasteiger partial charge in [0.25, 0.3) is 0 Å². The molecule has 1 aliphatic heterocycles. The zero-order valence-corrected chi connectivity index (χ0v) is 12.6. The van der Waals surface area contributed by atoms with Gasteiger partial charge in [0.05, 0.1) is 12.6 Å². The van der Waals surface area contributed by atoms with Crippen LogP contribution >= 0.6 is 0 Å². The van der Waals surface area contributed by atoms with Crippen LogP contribution in [-0.2, 0) is 11.3 Å². The van der Waals surface area contributed by atoms with Gasteiger partial charge in [0.2, 0.25) is 5.91 Å². The molecule has 0 radical (unpaired) electrons. The normalized spacial score (nSPS) is 28.0. The molecule has 1 saturated heterocycles. The molecule has 1 amide bonds. The van der Waals surface area contributed by atoms with Crippen LogP contribution in [0.1, 0.15) is 32.1 Å². The number of carbonyl (C=O) groups is 1. The number of tetrazole rings is 1. The van der Waals surface area contributed by atoms with E-state index in [1.807, 2.05) is 0 Å². The van der Waals surface area contributed by atoms with Gasteiger partial charge in [-0.1, -0.05) is 0 Å². The average Bonchev–Trinajstić information content (AvgIpc) is 3.26. The second-order valence-corrected chi connectivity index (χ2v) is 6.16. The molecular formula is C14H21N7O. The van der Waals surface area contributed by atoms with Gasteiger partial charge >= 0.3 is 0 Å². The number of nitriles is 1. The Morgan fingerprint density at radius 3 is 3.09 bits per heavy atom. The molecule has 0 aromatic carbocycles. The van der Waals surface area contributed by atoms with Crippen LogP contribution in [0.3, 0.4) is 0 Å². The molecule has 1 aromatic heterocycles. The van der Waals surface area contributed by atoms with E-state index >= 15 is 0 Å². The van der Waals surface area contributed by atoms with Crippen LogP contribution in [0.2, 0.25) is 0 Å². The van der Waals surface area contributed by atoms with Crippen LogP contribution in [0.5, 0.6) is 0 Å². The lowest BCUT2D eigenvalue weighted by Gasteiger charge is -2.21. The molecule has 118 valence electrons. The molecule has 1 N–H and O–H groups in total. The van der Waals surface area contributed by atoms with E-state index < -0.39 is 0 Å². The van der Waals surface area contributed by atoms with Crippen LogP contribution < -0.4 is 5.32 Å². The molecule has 3 unspecified atom stereocenters. The van der Waals surface area contributed by atoms with Crippen LogP contribution in [0, 0.1) is 17.2 Å². The highest BCUT2D eigenvalue weighted by molar-refractivity contribution is 5.79. The van der Waals surface area contributed by atoms with Gasteiger partial charge in [-0.15, -0.1) is 5.10 Å². The van der Waals surface area contributed by atoms with E-state index in [4.69, 9.17) is 5.26 Å². The standard InChI is InChI=1S/C14H21N7O/c15-7-13-2-1-5-21(13)14(22)8-16-12-4-3-11(6-12)9-20-10-17-18-19-20/h10-13,16H,1-6,8-9H2. The Hall–Kier alpha value is -2.01. The van der Waals surface area contributed by atoms with E-state index in [1.165, 1.54) is 0 Å². The molecule has 1 aliphatic carbocycles. The summed E-state index contributed by atoms with van der Waals surface area (Å²) in [5, 5.41) is 23.6. The van der Waals surface area contributed by atoms with Crippen molar-refractivity contribution < 1.29 is 4.79 Å². The van der Waals surface area contributed by atoms with Crippen molar-refractivity contribution in [2.45, 2.75) is 50.7 Å². The summed E-state index contributed by atoms with van der Waals surface area (Å²) in [5.41, 5.74) is 0. The first-order chi connectivity index (χ1) is 10.8. The van der Waals surface area contributed by atoms with E-state index in [1.54, 1.807) is 15.9 Å². The van der Waals surface area contributed by atoms with Crippen LogP contribution in [0.15, 0.2) is 6.33 Å². The van der Waals surface area contributed by atoms with Crippen molar-refractivity contribution in [1.29, 1.82) is 5.26 Å². The summed E-state index contributed by atoms with van der Waals surface area (Å²) in [4.78, 5) is 13.9. The Morgan fingerprint density at radius 1 is 1.41 bits per heavy atom. The summed E-state index contributed by atoms with van der Waals surface area (Å²) in [6, 6.07) is 2.35. The molecule has 2 heterocycles. The van der Waals surface area contributed by atoms with Gasteiger partial charge in [0.1, 0.15) is 12.4 Å². The lowest BCUT2D eigenvalue weighted by atomic mass is 10.1. The predicted molar refractivity (Wildman–Crippen MR) is 77.3 cm³/mol. The van der Waals surface area contributed by atoms with Gasteiger partial charge < -0.3 is 10.2 Å². The zero-order valence-electron chi connectivity index (χ0n) is 12.6. The van der Waals surface area contributed by atoms with Crippen molar-refractivity contribution >= 4 is 5.91 Å². The number of nitrogens with one attached hydrogen (secondary N) is 1. The summed E-state index contributed by atoms with van der Waals surface area (Å²) in [7, 11) is 0. The van der Waals surface area contributed by atoms with Crippen molar-refractivity contribution in [3.05, 3.63) is 6.33 Å². The van der Waals surface area contributed by atoms with Crippen molar-refractivity contribution in [3.63, 3.8) is 0 Å². The van der Waals surface area contributed by atoms with Gasteiger partial charge in [-0.05, 0) is 48.4 Å². The Kier molecular flexibility index (Phi) is 4.63. The molecule has 0 bridgehead atoms. The number of amides is 1.